The molecule has 3 rings (SSSR count). The Morgan fingerprint density at radius 1 is 0.808 bits per heavy atom. The highest BCUT2D eigenvalue weighted by Crippen LogP contribution is 2.30. The fourth-order valence-corrected chi connectivity index (χ4v) is 2.75. The van der Waals surface area contributed by atoms with E-state index in [4.69, 9.17) is 14.5 Å². The first-order chi connectivity index (χ1) is 12.7. The Morgan fingerprint density at radius 2 is 1.50 bits per heavy atom. The molecule has 0 saturated carbocycles. The average Bonchev–Trinajstić information content (AvgIpc) is 2.70. The number of rotatable bonds is 6. The second kappa shape index (κ2) is 8.21. The lowest BCUT2D eigenvalue weighted by molar-refractivity contribution is 0.373. The van der Waals surface area contributed by atoms with Gasteiger partial charge in [-0.1, -0.05) is 48.5 Å². The first kappa shape index (κ1) is 17.5. The molecule has 0 spiro atoms. The summed E-state index contributed by atoms with van der Waals surface area (Å²) in [6.07, 6.45) is 1.68. The molecule has 0 heterocycles. The maximum Gasteiger partial charge on any atom is 0.166 e. The molecule has 0 bridgehead atoms. The van der Waals surface area contributed by atoms with Crippen molar-refractivity contribution in [3.05, 3.63) is 89.5 Å². The number of methoxy groups -OCH3 is 2. The van der Waals surface area contributed by atoms with Crippen molar-refractivity contribution >= 4 is 6.21 Å². The van der Waals surface area contributed by atoms with E-state index < -0.39 is 0 Å². The van der Waals surface area contributed by atoms with Gasteiger partial charge >= 0.3 is 0 Å². The zero-order valence-corrected chi connectivity index (χ0v) is 14.8. The van der Waals surface area contributed by atoms with Crippen molar-refractivity contribution < 1.29 is 14.6 Å². The molecule has 26 heavy (non-hydrogen) atoms. The Labute approximate surface area is 153 Å². The minimum absolute atomic E-state index is 0.0836. The Kier molecular flexibility index (Phi) is 5.54. The van der Waals surface area contributed by atoms with Gasteiger partial charge in [0.05, 0.1) is 20.3 Å². The molecule has 0 fully saturated rings. The van der Waals surface area contributed by atoms with Crippen LogP contribution in [0.5, 0.6) is 17.2 Å². The second-order valence-corrected chi connectivity index (χ2v) is 5.76. The first-order valence-corrected chi connectivity index (χ1v) is 8.31. The average molecular weight is 347 g/mol. The normalized spacial score (nSPS) is 12.1. The third-order valence-electron chi connectivity index (χ3n) is 4.16. The van der Waals surface area contributed by atoms with E-state index >= 15 is 0 Å². The quantitative estimate of drug-likeness (QED) is 0.662. The van der Waals surface area contributed by atoms with Crippen LogP contribution in [0.15, 0.2) is 77.8 Å². The van der Waals surface area contributed by atoms with E-state index in [2.05, 4.69) is 0 Å². The molecule has 1 atom stereocenters. The Hall–Kier alpha value is -3.27. The molecule has 0 amide bonds. The van der Waals surface area contributed by atoms with Crippen LogP contribution < -0.4 is 9.47 Å². The number of phenolic OH excluding ortho intramolecular Hbond substituents is 1. The van der Waals surface area contributed by atoms with Gasteiger partial charge in [-0.15, -0.1) is 0 Å². The molecular weight excluding hydrogens is 326 g/mol. The zero-order chi connectivity index (χ0) is 18.4. The Balaban J connectivity index is 1.98. The fraction of sp³-hybridized carbons (Fsp3) is 0.136. The third-order valence-corrected chi connectivity index (χ3v) is 4.16. The fourth-order valence-electron chi connectivity index (χ4n) is 2.75. The Morgan fingerprint density at radius 3 is 2.15 bits per heavy atom. The molecular formula is C22H21NO3. The molecule has 4 heteroatoms. The van der Waals surface area contributed by atoms with Gasteiger partial charge in [-0.2, -0.15) is 0 Å². The summed E-state index contributed by atoms with van der Waals surface area (Å²) < 4.78 is 10.4. The number of phenols is 1. The van der Waals surface area contributed by atoms with Gasteiger partial charge in [0.1, 0.15) is 5.75 Å². The topological polar surface area (TPSA) is 51.0 Å². The molecule has 0 aliphatic heterocycles. The summed E-state index contributed by atoms with van der Waals surface area (Å²) in [6.45, 7) is 0. The number of benzene rings is 3. The summed E-state index contributed by atoms with van der Waals surface area (Å²) >= 11 is 0. The van der Waals surface area contributed by atoms with Crippen LogP contribution in [0.3, 0.4) is 0 Å². The van der Waals surface area contributed by atoms with Crippen molar-refractivity contribution in [2.24, 2.45) is 4.99 Å². The molecule has 0 aromatic heterocycles. The maximum atomic E-state index is 10.3. The summed E-state index contributed by atoms with van der Waals surface area (Å²) in [5, 5.41) is 10.3. The predicted octanol–water partition coefficient (Wildman–Crippen LogP) is 4.62. The number of para-hydroxylation sites is 1. The Bertz CT molecular complexity index is 874. The van der Waals surface area contributed by atoms with Gasteiger partial charge < -0.3 is 14.6 Å². The van der Waals surface area contributed by atoms with Crippen LogP contribution in [0, 0.1) is 0 Å². The number of ether oxygens (including phenoxy) is 2. The molecule has 0 aliphatic carbocycles. The molecule has 0 aliphatic rings. The number of hydrogen-bond donors (Lipinski definition) is 1. The third kappa shape index (κ3) is 3.86. The second-order valence-electron chi connectivity index (χ2n) is 5.76. The number of aliphatic imine (C=N–C) groups is 1. The van der Waals surface area contributed by atoms with E-state index in [0.29, 0.717) is 11.3 Å². The molecule has 1 N–H and O–H groups in total. The minimum atomic E-state index is -0.187. The molecule has 3 aromatic rings. The zero-order valence-electron chi connectivity index (χ0n) is 14.8. The van der Waals surface area contributed by atoms with E-state index in [-0.39, 0.29) is 11.8 Å². The van der Waals surface area contributed by atoms with Crippen LogP contribution in [0.25, 0.3) is 0 Å². The van der Waals surface area contributed by atoms with Crippen molar-refractivity contribution in [1.82, 2.24) is 0 Å². The largest absolute Gasteiger partial charge is 0.504 e. The lowest BCUT2D eigenvalue weighted by Crippen LogP contribution is -1.99. The van der Waals surface area contributed by atoms with E-state index in [1.165, 1.54) is 7.11 Å². The van der Waals surface area contributed by atoms with Gasteiger partial charge in [-0.05, 0) is 35.4 Å². The number of aromatic hydroxyl groups is 1. The van der Waals surface area contributed by atoms with Crippen molar-refractivity contribution in [1.29, 1.82) is 0 Å². The van der Waals surface area contributed by atoms with Crippen LogP contribution in [-0.4, -0.2) is 25.5 Å². The van der Waals surface area contributed by atoms with Crippen LogP contribution >= 0.6 is 0 Å². The van der Waals surface area contributed by atoms with E-state index in [9.17, 15) is 5.11 Å². The summed E-state index contributed by atoms with van der Waals surface area (Å²) in [4.78, 5) is 4.74. The lowest BCUT2D eigenvalue weighted by Gasteiger charge is -2.14. The lowest BCUT2D eigenvalue weighted by atomic mass is 9.99. The molecule has 3 aromatic carbocycles. The van der Waals surface area contributed by atoms with Gasteiger partial charge in [-0.25, -0.2) is 0 Å². The summed E-state index contributed by atoms with van der Waals surface area (Å²) in [6, 6.07) is 23.0. The van der Waals surface area contributed by atoms with E-state index in [1.54, 1.807) is 25.5 Å². The van der Waals surface area contributed by atoms with Gasteiger partial charge in [0.25, 0.3) is 0 Å². The number of hydrogen-bond acceptors (Lipinski definition) is 4. The van der Waals surface area contributed by atoms with Crippen LogP contribution in [0.2, 0.25) is 0 Å². The highest BCUT2D eigenvalue weighted by Gasteiger charge is 2.13. The van der Waals surface area contributed by atoms with Crippen LogP contribution in [-0.2, 0) is 0 Å². The molecule has 0 radical (unpaired) electrons. The smallest absolute Gasteiger partial charge is 0.166 e. The molecule has 132 valence electrons. The predicted molar refractivity (Wildman–Crippen MR) is 104 cm³/mol. The highest BCUT2D eigenvalue weighted by atomic mass is 16.5. The van der Waals surface area contributed by atoms with Crippen LogP contribution in [0.1, 0.15) is 22.7 Å². The molecule has 0 saturated heterocycles. The summed E-state index contributed by atoms with van der Waals surface area (Å²) in [5.74, 6) is 1.31. The van der Waals surface area contributed by atoms with Crippen molar-refractivity contribution in [2.75, 3.05) is 14.2 Å². The standard InChI is InChI=1S/C22H21NO3/c1-25-19-13-11-17(12-14-19)21(16-7-4-3-5-8-16)23-15-18-9-6-10-20(26-2)22(18)24/h3-15,21,24H,1-2H3/t21-/m0/s1. The summed E-state index contributed by atoms with van der Waals surface area (Å²) in [7, 11) is 3.17. The van der Waals surface area contributed by atoms with Gasteiger partial charge in [0, 0.05) is 11.8 Å². The van der Waals surface area contributed by atoms with Crippen molar-refractivity contribution in [3.8, 4) is 17.2 Å². The maximum absolute atomic E-state index is 10.3. The van der Waals surface area contributed by atoms with Gasteiger partial charge in [0.2, 0.25) is 0 Å². The highest BCUT2D eigenvalue weighted by molar-refractivity contribution is 5.85. The van der Waals surface area contributed by atoms with Crippen molar-refractivity contribution in [3.63, 3.8) is 0 Å². The summed E-state index contributed by atoms with van der Waals surface area (Å²) in [5.41, 5.74) is 2.71. The molecule has 4 nitrogen and oxygen atoms in total. The minimum Gasteiger partial charge on any atom is -0.504 e. The number of nitrogens with zero attached hydrogens (tertiary/aromatic N) is 1. The van der Waals surface area contributed by atoms with Crippen molar-refractivity contribution in [2.45, 2.75) is 6.04 Å². The van der Waals surface area contributed by atoms with Crippen LogP contribution in [0.4, 0.5) is 0 Å². The monoisotopic (exact) mass is 347 g/mol. The molecule has 0 unspecified atom stereocenters. The SMILES string of the molecule is COc1ccc([C@@H](N=Cc2cccc(OC)c2O)c2ccccc2)cc1. The van der Waals surface area contributed by atoms with Gasteiger partial charge in [0.15, 0.2) is 11.5 Å². The van der Waals surface area contributed by atoms with Gasteiger partial charge in [-0.3, -0.25) is 4.99 Å². The van der Waals surface area contributed by atoms with E-state index in [0.717, 1.165) is 16.9 Å². The first-order valence-electron chi connectivity index (χ1n) is 8.31. The van der Waals surface area contributed by atoms with E-state index in [1.807, 2.05) is 60.7 Å².